The van der Waals surface area contributed by atoms with Gasteiger partial charge < -0.3 is 10.5 Å². The molecule has 0 amide bonds. The predicted molar refractivity (Wildman–Crippen MR) is 71.3 cm³/mol. The Hall–Kier alpha value is -2.68. The van der Waals surface area contributed by atoms with Crippen molar-refractivity contribution in [2.45, 2.75) is 12.8 Å². The van der Waals surface area contributed by atoms with Crippen LogP contribution in [-0.2, 0) is 12.8 Å². The van der Waals surface area contributed by atoms with Gasteiger partial charge in [0.2, 0.25) is 0 Å². The van der Waals surface area contributed by atoms with Gasteiger partial charge in [-0.2, -0.15) is 18.4 Å². The largest absolute Gasteiger partial charge is 0.487 e. The second kappa shape index (κ2) is 5.75. The van der Waals surface area contributed by atoms with Crippen LogP contribution in [0.4, 0.5) is 18.9 Å². The highest BCUT2D eigenvalue weighted by molar-refractivity contribution is 5.56. The number of rotatable bonds is 3. The molecule has 0 heterocycles. The fourth-order valence-corrected chi connectivity index (χ4v) is 1.75. The minimum Gasteiger partial charge on any atom is -0.487 e. The fraction of sp³-hybridized carbons (Fsp3) is 0.133. The van der Waals surface area contributed by atoms with Crippen LogP contribution in [0.1, 0.15) is 16.7 Å². The summed E-state index contributed by atoms with van der Waals surface area (Å²) in [7, 11) is 0. The summed E-state index contributed by atoms with van der Waals surface area (Å²) in [5, 5.41) is 8.71. The van der Waals surface area contributed by atoms with Gasteiger partial charge in [0, 0.05) is 0 Å². The molecule has 0 aliphatic heterocycles. The molecule has 0 spiro atoms. The average Bonchev–Trinajstić information content (AvgIpc) is 2.45. The molecule has 2 aromatic rings. The van der Waals surface area contributed by atoms with Gasteiger partial charge in [-0.3, -0.25) is 0 Å². The first-order valence-corrected chi connectivity index (χ1v) is 5.98. The Balaban J connectivity index is 2.12. The van der Waals surface area contributed by atoms with Crippen LogP contribution in [0, 0.1) is 11.3 Å². The Morgan fingerprint density at radius 3 is 2.52 bits per heavy atom. The van der Waals surface area contributed by atoms with E-state index in [4.69, 9.17) is 15.7 Å². The standard InChI is InChI=1S/C15H11F3N2O/c16-15(17,18)12-3-1-2-11(6-12)9-21-14-5-4-10(8-19)7-13(14)20/h1-7H,9,20H2. The lowest BCUT2D eigenvalue weighted by Gasteiger charge is -2.11. The van der Waals surface area contributed by atoms with Crippen LogP contribution in [0.2, 0.25) is 0 Å². The number of nitrogens with zero attached hydrogens (tertiary/aromatic N) is 1. The Kier molecular flexibility index (Phi) is 4.03. The zero-order valence-corrected chi connectivity index (χ0v) is 10.8. The van der Waals surface area contributed by atoms with Gasteiger partial charge in [0.25, 0.3) is 0 Å². The molecule has 2 rings (SSSR count). The lowest BCUT2D eigenvalue weighted by Crippen LogP contribution is -2.06. The quantitative estimate of drug-likeness (QED) is 0.877. The highest BCUT2D eigenvalue weighted by Gasteiger charge is 2.30. The molecular weight excluding hydrogens is 281 g/mol. The Morgan fingerprint density at radius 2 is 1.90 bits per heavy atom. The van der Waals surface area contributed by atoms with E-state index in [0.717, 1.165) is 12.1 Å². The van der Waals surface area contributed by atoms with E-state index in [1.807, 2.05) is 6.07 Å². The number of nitrogens with two attached hydrogens (primary N) is 1. The minimum atomic E-state index is -4.39. The first-order valence-electron chi connectivity index (χ1n) is 5.98. The van der Waals surface area contributed by atoms with Crippen LogP contribution in [0.3, 0.4) is 0 Å². The van der Waals surface area contributed by atoms with Gasteiger partial charge in [0.1, 0.15) is 12.4 Å². The van der Waals surface area contributed by atoms with Gasteiger partial charge in [-0.1, -0.05) is 12.1 Å². The van der Waals surface area contributed by atoms with E-state index in [1.165, 1.54) is 30.3 Å². The molecule has 0 fully saturated rings. The van der Waals surface area contributed by atoms with Gasteiger partial charge in [0.15, 0.2) is 0 Å². The van der Waals surface area contributed by atoms with Gasteiger partial charge in [-0.25, -0.2) is 0 Å². The van der Waals surface area contributed by atoms with E-state index >= 15 is 0 Å². The third-order valence-electron chi connectivity index (χ3n) is 2.79. The number of anilines is 1. The minimum absolute atomic E-state index is 0.0416. The lowest BCUT2D eigenvalue weighted by atomic mass is 10.1. The molecule has 21 heavy (non-hydrogen) atoms. The maximum Gasteiger partial charge on any atom is 0.416 e. The van der Waals surface area contributed by atoms with Crippen LogP contribution in [0.25, 0.3) is 0 Å². The number of hydrogen-bond donors (Lipinski definition) is 1. The Labute approximate surface area is 119 Å². The van der Waals surface area contributed by atoms with Crippen LogP contribution < -0.4 is 10.5 Å². The molecule has 0 aliphatic rings. The van der Waals surface area contributed by atoms with Crippen LogP contribution >= 0.6 is 0 Å². The molecule has 0 aliphatic carbocycles. The van der Waals surface area contributed by atoms with Crippen molar-refractivity contribution in [3.8, 4) is 11.8 Å². The number of nitriles is 1. The number of benzene rings is 2. The van der Waals surface area contributed by atoms with Gasteiger partial charge >= 0.3 is 6.18 Å². The molecule has 0 radical (unpaired) electrons. The zero-order valence-electron chi connectivity index (χ0n) is 10.8. The van der Waals surface area contributed by atoms with Crippen molar-refractivity contribution in [3.05, 3.63) is 59.2 Å². The van der Waals surface area contributed by atoms with Gasteiger partial charge in [-0.05, 0) is 35.9 Å². The Bertz CT molecular complexity index is 690. The summed E-state index contributed by atoms with van der Waals surface area (Å²) in [6.45, 7) is -0.0416. The SMILES string of the molecule is N#Cc1ccc(OCc2cccc(C(F)(F)F)c2)c(N)c1. The van der Waals surface area contributed by atoms with E-state index in [1.54, 1.807) is 0 Å². The maximum absolute atomic E-state index is 12.6. The summed E-state index contributed by atoms with van der Waals surface area (Å²) >= 11 is 0. The lowest BCUT2D eigenvalue weighted by molar-refractivity contribution is -0.137. The van der Waals surface area contributed by atoms with Crippen LogP contribution in [-0.4, -0.2) is 0 Å². The summed E-state index contributed by atoms with van der Waals surface area (Å²) in [6.07, 6.45) is -4.39. The normalized spacial score (nSPS) is 11.0. The highest BCUT2D eigenvalue weighted by Crippen LogP contribution is 2.30. The number of ether oxygens (including phenoxy) is 1. The van der Waals surface area contributed by atoms with Crippen molar-refractivity contribution in [2.24, 2.45) is 0 Å². The summed E-state index contributed by atoms with van der Waals surface area (Å²) < 4.78 is 43.1. The van der Waals surface area contributed by atoms with Crippen molar-refractivity contribution >= 4 is 5.69 Å². The van der Waals surface area contributed by atoms with Crippen molar-refractivity contribution in [3.63, 3.8) is 0 Å². The topological polar surface area (TPSA) is 59.0 Å². The number of nitrogen functional groups attached to an aromatic ring is 1. The molecule has 0 aromatic heterocycles. The van der Waals surface area contributed by atoms with Gasteiger partial charge in [0.05, 0.1) is 22.9 Å². The van der Waals surface area contributed by atoms with Crippen LogP contribution in [0.15, 0.2) is 42.5 Å². The van der Waals surface area contributed by atoms with E-state index in [0.29, 0.717) is 16.9 Å². The number of hydrogen-bond acceptors (Lipinski definition) is 3. The average molecular weight is 292 g/mol. The van der Waals surface area contributed by atoms with Crippen LogP contribution in [0.5, 0.6) is 5.75 Å². The molecule has 2 N–H and O–H groups in total. The second-order valence-corrected chi connectivity index (χ2v) is 4.35. The third-order valence-corrected chi connectivity index (χ3v) is 2.79. The molecule has 0 saturated carbocycles. The molecule has 0 atom stereocenters. The fourth-order valence-electron chi connectivity index (χ4n) is 1.75. The first-order chi connectivity index (χ1) is 9.90. The summed E-state index contributed by atoms with van der Waals surface area (Å²) in [5.74, 6) is 0.325. The Morgan fingerprint density at radius 1 is 1.14 bits per heavy atom. The molecule has 2 aromatic carbocycles. The monoisotopic (exact) mass is 292 g/mol. The van der Waals surface area contributed by atoms with E-state index in [9.17, 15) is 13.2 Å². The molecule has 3 nitrogen and oxygen atoms in total. The molecule has 6 heteroatoms. The second-order valence-electron chi connectivity index (χ2n) is 4.35. The molecular formula is C15H11F3N2O. The number of halogens is 3. The third kappa shape index (κ3) is 3.66. The highest BCUT2D eigenvalue weighted by atomic mass is 19.4. The summed E-state index contributed by atoms with van der Waals surface area (Å²) in [4.78, 5) is 0. The van der Waals surface area contributed by atoms with E-state index in [-0.39, 0.29) is 12.3 Å². The molecule has 108 valence electrons. The van der Waals surface area contributed by atoms with Gasteiger partial charge in [-0.15, -0.1) is 0 Å². The van der Waals surface area contributed by atoms with Crippen molar-refractivity contribution in [1.29, 1.82) is 5.26 Å². The predicted octanol–water partition coefficient (Wildman–Crippen LogP) is 3.74. The van der Waals surface area contributed by atoms with Crippen molar-refractivity contribution in [2.75, 3.05) is 5.73 Å². The van der Waals surface area contributed by atoms with E-state index < -0.39 is 11.7 Å². The summed E-state index contributed by atoms with van der Waals surface area (Å²) in [6, 6.07) is 11.3. The molecule has 0 bridgehead atoms. The molecule has 0 saturated heterocycles. The maximum atomic E-state index is 12.6. The molecule has 0 unspecified atom stereocenters. The van der Waals surface area contributed by atoms with Crippen molar-refractivity contribution in [1.82, 2.24) is 0 Å². The van der Waals surface area contributed by atoms with E-state index in [2.05, 4.69) is 0 Å². The number of alkyl halides is 3. The first kappa shape index (κ1) is 14.7. The van der Waals surface area contributed by atoms with Crippen molar-refractivity contribution < 1.29 is 17.9 Å². The smallest absolute Gasteiger partial charge is 0.416 e. The summed E-state index contributed by atoms with van der Waals surface area (Å²) in [5.41, 5.74) is 6.01. The zero-order chi connectivity index (χ0) is 15.5.